The Morgan fingerprint density at radius 3 is 2.54 bits per heavy atom. The Morgan fingerprint density at radius 1 is 1.11 bits per heavy atom. The topological polar surface area (TPSA) is 85.4 Å². The highest BCUT2D eigenvalue weighted by molar-refractivity contribution is 5.85. The molecule has 6 heteroatoms. The molecule has 0 saturated heterocycles. The van der Waals surface area contributed by atoms with Gasteiger partial charge in [0.15, 0.2) is 0 Å². The second-order valence-corrected chi connectivity index (χ2v) is 6.90. The van der Waals surface area contributed by atoms with Crippen LogP contribution in [0, 0.1) is 13.8 Å². The Labute approximate surface area is 163 Å². The number of aromatic amines is 1. The third-order valence-electron chi connectivity index (χ3n) is 4.83. The van der Waals surface area contributed by atoms with Gasteiger partial charge in [-0.3, -0.25) is 4.79 Å². The molecule has 0 spiro atoms. The molecule has 3 aromatic rings. The van der Waals surface area contributed by atoms with Gasteiger partial charge in [-0.1, -0.05) is 42.5 Å². The lowest BCUT2D eigenvalue weighted by atomic mass is 10.0. The molecule has 28 heavy (non-hydrogen) atoms. The molecule has 0 aliphatic heterocycles. The standard InChI is InChI=1S/C22H25N3O3/c1-15-8-9-16(2)20-19(15)12-18(21(27)24-20)14-25(10-11-26)22(28)23-13-17-6-4-3-5-7-17/h3-9,12,26H,10-11,13-14H2,1-2H3,(H,23,28)(H,24,27). The molecular formula is C22H25N3O3. The molecule has 0 radical (unpaired) electrons. The van der Waals surface area contributed by atoms with E-state index < -0.39 is 0 Å². The quantitative estimate of drug-likeness (QED) is 0.616. The second kappa shape index (κ2) is 8.71. The third-order valence-corrected chi connectivity index (χ3v) is 4.83. The fourth-order valence-corrected chi connectivity index (χ4v) is 3.20. The van der Waals surface area contributed by atoms with Crippen LogP contribution in [0.1, 0.15) is 22.3 Å². The summed E-state index contributed by atoms with van der Waals surface area (Å²) in [5.41, 5.74) is 4.12. The molecule has 146 valence electrons. The van der Waals surface area contributed by atoms with Crippen LogP contribution in [0.5, 0.6) is 0 Å². The summed E-state index contributed by atoms with van der Waals surface area (Å²) in [6.07, 6.45) is 0. The van der Waals surface area contributed by atoms with E-state index in [1.807, 2.05) is 62.4 Å². The molecule has 3 rings (SSSR count). The van der Waals surface area contributed by atoms with Crippen molar-refractivity contribution in [1.29, 1.82) is 0 Å². The lowest BCUT2D eigenvalue weighted by Gasteiger charge is -2.22. The van der Waals surface area contributed by atoms with Crippen molar-refractivity contribution >= 4 is 16.9 Å². The maximum atomic E-state index is 12.6. The number of fused-ring (bicyclic) bond motifs is 1. The average Bonchev–Trinajstić information content (AvgIpc) is 2.70. The number of urea groups is 1. The van der Waals surface area contributed by atoms with Gasteiger partial charge >= 0.3 is 6.03 Å². The highest BCUT2D eigenvalue weighted by atomic mass is 16.3. The predicted molar refractivity (Wildman–Crippen MR) is 110 cm³/mol. The monoisotopic (exact) mass is 379 g/mol. The van der Waals surface area contributed by atoms with Crippen molar-refractivity contribution in [3.8, 4) is 0 Å². The van der Waals surface area contributed by atoms with Crippen LogP contribution in [0.15, 0.2) is 53.3 Å². The maximum Gasteiger partial charge on any atom is 0.318 e. The fourth-order valence-electron chi connectivity index (χ4n) is 3.20. The lowest BCUT2D eigenvalue weighted by molar-refractivity contribution is 0.173. The largest absolute Gasteiger partial charge is 0.395 e. The molecule has 6 nitrogen and oxygen atoms in total. The van der Waals surface area contributed by atoms with Gasteiger partial charge in [-0.05, 0) is 36.6 Å². The molecule has 0 fully saturated rings. The zero-order valence-corrected chi connectivity index (χ0v) is 16.2. The molecular weight excluding hydrogens is 354 g/mol. The number of hydrogen-bond donors (Lipinski definition) is 3. The number of pyridine rings is 1. The summed E-state index contributed by atoms with van der Waals surface area (Å²) in [7, 11) is 0. The number of carbonyl (C=O) groups excluding carboxylic acids is 1. The number of amides is 2. The molecule has 1 aromatic heterocycles. The van der Waals surface area contributed by atoms with Gasteiger partial charge in [-0.25, -0.2) is 4.79 Å². The van der Waals surface area contributed by atoms with Crippen LogP contribution in [0.4, 0.5) is 4.79 Å². The number of hydrogen-bond acceptors (Lipinski definition) is 3. The first kappa shape index (κ1) is 19.6. The van der Waals surface area contributed by atoms with Crippen LogP contribution in [-0.4, -0.2) is 34.2 Å². The van der Waals surface area contributed by atoms with E-state index in [-0.39, 0.29) is 31.3 Å². The molecule has 0 bridgehead atoms. The zero-order valence-electron chi connectivity index (χ0n) is 16.2. The van der Waals surface area contributed by atoms with Crippen LogP contribution in [0.2, 0.25) is 0 Å². The van der Waals surface area contributed by atoms with E-state index in [2.05, 4.69) is 10.3 Å². The summed E-state index contributed by atoms with van der Waals surface area (Å²) < 4.78 is 0. The van der Waals surface area contributed by atoms with E-state index >= 15 is 0 Å². The Morgan fingerprint density at radius 2 is 1.82 bits per heavy atom. The van der Waals surface area contributed by atoms with Gasteiger partial charge in [-0.15, -0.1) is 0 Å². The van der Waals surface area contributed by atoms with E-state index in [0.717, 1.165) is 27.6 Å². The lowest BCUT2D eigenvalue weighted by Crippen LogP contribution is -2.41. The summed E-state index contributed by atoms with van der Waals surface area (Å²) >= 11 is 0. The van der Waals surface area contributed by atoms with Crippen LogP contribution in [0.25, 0.3) is 10.9 Å². The molecule has 0 unspecified atom stereocenters. The number of rotatable bonds is 6. The number of aliphatic hydroxyl groups excluding tert-OH is 1. The van der Waals surface area contributed by atoms with Crippen molar-refractivity contribution in [3.05, 3.63) is 81.1 Å². The molecule has 0 saturated carbocycles. The number of aryl methyl sites for hydroxylation is 2. The summed E-state index contributed by atoms with van der Waals surface area (Å²) in [5.74, 6) is 0. The summed E-state index contributed by atoms with van der Waals surface area (Å²) in [6, 6.07) is 15.1. The Balaban J connectivity index is 1.81. The van der Waals surface area contributed by atoms with E-state index in [1.165, 1.54) is 4.90 Å². The van der Waals surface area contributed by atoms with Crippen molar-refractivity contribution in [2.45, 2.75) is 26.9 Å². The van der Waals surface area contributed by atoms with Gasteiger partial charge < -0.3 is 20.3 Å². The zero-order chi connectivity index (χ0) is 20.1. The second-order valence-electron chi connectivity index (χ2n) is 6.90. The molecule has 3 N–H and O–H groups in total. The predicted octanol–water partition coefficient (Wildman–Crippen LogP) is 2.85. The number of aromatic nitrogens is 1. The van der Waals surface area contributed by atoms with E-state index in [0.29, 0.717) is 12.1 Å². The van der Waals surface area contributed by atoms with Gasteiger partial charge in [-0.2, -0.15) is 0 Å². The minimum absolute atomic E-state index is 0.125. The number of H-pyrrole nitrogens is 1. The minimum Gasteiger partial charge on any atom is -0.395 e. The van der Waals surface area contributed by atoms with Gasteiger partial charge in [0.2, 0.25) is 0 Å². The smallest absolute Gasteiger partial charge is 0.318 e. The number of nitrogens with zero attached hydrogens (tertiary/aromatic N) is 1. The van der Waals surface area contributed by atoms with Crippen molar-refractivity contribution in [1.82, 2.24) is 15.2 Å². The summed E-state index contributed by atoms with van der Waals surface area (Å²) in [6.45, 7) is 4.41. The first-order chi connectivity index (χ1) is 13.5. The number of benzene rings is 2. The van der Waals surface area contributed by atoms with Gasteiger partial charge in [0, 0.05) is 24.0 Å². The summed E-state index contributed by atoms with van der Waals surface area (Å²) in [5, 5.41) is 13.2. The number of nitrogens with one attached hydrogen (secondary N) is 2. The SMILES string of the molecule is Cc1ccc(C)c2[nH]c(=O)c(CN(CCO)C(=O)NCc3ccccc3)cc12. The Kier molecular flexibility index (Phi) is 6.11. The molecule has 0 aliphatic carbocycles. The van der Waals surface area contributed by atoms with Gasteiger partial charge in [0.1, 0.15) is 0 Å². The molecule has 1 heterocycles. The number of aliphatic hydroxyl groups is 1. The van der Waals surface area contributed by atoms with Crippen molar-refractivity contribution in [2.24, 2.45) is 0 Å². The maximum absolute atomic E-state index is 12.6. The van der Waals surface area contributed by atoms with Crippen molar-refractivity contribution < 1.29 is 9.90 Å². The van der Waals surface area contributed by atoms with E-state index in [4.69, 9.17) is 0 Å². The Bertz CT molecular complexity index is 1030. The molecule has 0 aliphatic rings. The van der Waals surface area contributed by atoms with E-state index in [1.54, 1.807) is 0 Å². The van der Waals surface area contributed by atoms with Crippen molar-refractivity contribution in [3.63, 3.8) is 0 Å². The minimum atomic E-state index is -0.321. The Hall–Kier alpha value is -3.12. The highest BCUT2D eigenvalue weighted by Gasteiger charge is 2.16. The van der Waals surface area contributed by atoms with Crippen LogP contribution < -0.4 is 10.9 Å². The normalized spacial score (nSPS) is 10.8. The number of carbonyl (C=O) groups is 1. The fraction of sp³-hybridized carbons (Fsp3) is 0.273. The van der Waals surface area contributed by atoms with Crippen LogP contribution >= 0.6 is 0 Å². The van der Waals surface area contributed by atoms with Crippen molar-refractivity contribution in [2.75, 3.05) is 13.2 Å². The summed E-state index contributed by atoms with van der Waals surface area (Å²) in [4.78, 5) is 29.5. The van der Waals surface area contributed by atoms with Gasteiger partial charge in [0.05, 0.1) is 18.7 Å². The first-order valence-corrected chi connectivity index (χ1v) is 9.29. The average molecular weight is 379 g/mol. The third kappa shape index (κ3) is 4.40. The van der Waals surface area contributed by atoms with Gasteiger partial charge in [0.25, 0.3) is 5.56 Å². The highest BCUT2D eigenvalue weighted by Crippen LogP contribution is 2.20. The van der Waals surface area contributed by atoms with Crippen LogP contribution in [-0.2, 0) is 13.1 Å². The molecule has 0 atom stereocenters. The molecule has 2 amide bonds. The van der Waals surface area contributed by atoms with Crippen LogP contribution in [0.3, 0.4) is 0 Å². The first-order valence-electron chi connectivity index (χ1n) is 9.29. The van der Waals surface area contributed by atoms with E-state index in [9.17, 15) is 14.7 Å². The molecule has 2 aromatic carbocycles.